The Labute approximate surface area is 106 Å². The predicted octanol–water partition coefficient (Wildman–Crippen LogP) is 3.51. The number of aryl methyl sites for hydroxylation is 1. The highest BCUT2D eigenvalue weighted by atomic mass is 79.9. The van der Waals surface area contributed by atoms with Gasteiger partial charge in [-0.3, -0.25) is 0 Å². The zero-order valence-electron chi connectivity index (χ0n) is 10.1. The Bertz CT molecular complexity index is 348. The Morgan fingerprint density at radius 2 is 2.06 bits per heavy atom. The molecular weight excluding hydrogens is 268 g/mol. The topological polar surface area (TPSA) is 29.5 Å². The largest absolute Gasteiger partial charge is 0.496 e. The summed E-state index contributed by atoms with van der Waals surface area (Å²) in [5, 5.41) is 8.82. The molecule has 0 bridgehead atoms. The van der Waals surface area contributed by atoms with E-state index < -0.39 is 0 Å². The SMILES string of the molecule is COc1cc(CCCO)cc(Br)c1C(C)C. The van der Waals surface area contributed by atoms with Crippen molar-refractivity contribution in [3.63, 3.8) is 0 Å². The number of methoxy groups -OCH3 is 1. The molecule has 0 saturated heterocycles. The van der Waals surface area contributed by atoms with Gasteiger partial charge in [0.05, 0.1) is 7.11 Å². The number of ether oxygens (including phenoxy) is 1. The molecule has 0 fully saturated rings. The normalized spacial score (nSPS) is 10.9. The van der Waals surface area contributed by atoms with E-state index in [1.165, 1.54) is 11.1 Å². The zero-order chi connectivity index (χ0) is 12.1. The first kappa shape index (κ1) is 13.5. The summed E-state index contributed by atoms with van der Waals surface area (Å²) in [7, 11) is 1.70. The Morgan fingerprint density at radius 1 is 1.38 bits per heavy atom. The lowest BCUT2D eigenvalue weighted by atomic mass is 9.99. The standard InChI is InChI=1S/C13H19BrO2/c1-9(2)13-11(14)7-10(5-4-6-15)8-12(13)16-3/h7-9,15H,4-6H2,1-3H3. The van der Waals surface area contributed by atoms with E-state index in [0.717, 1.165) is 23.1 Å². The molecule has 0 aliphatic heterocycles. The van der Waals surface area contributed by atoms with Gasteiger partial charge in [-0.15, -0.1) is 0 Å². The molecule has 0 saturated carbocycles. The minimum atomic E-state index is 0.228. The van der Waals surface area contributed by atoms with Gasteiger partial charge in [0.15, 0.2) is 0 Å². The van der Waals surface area contributed by atoms with Crippen LogP contribution in [0.15, 0.2) is 16.6 Å². The number of benzene rings is 1. The lowest BCUT2D eigenvalue weighted by molar-refractivity contribution is 0.288. The first-order valence-electron chi connectivity index (χ1n) is 5.57. The van der Waals surface area contributed by atoms with Crippen LogP contribution in [0.5, 0.6) is 5.75 Å². The number of aliphatic hydroxyl groups excluding tert-OH is 1. The van der Waals surface area contributed by atoms with E-state index in [9.17, 15) is 0 Å². The maximum atomic E-state index is 8.82. The van der Waals surface area contributed by atoms with Crippen molar-refractivity contribution in [1.82, 2.24) is 0 Å². The minimum absolute atomic E-state index is 0.228. The minimum Gasteiger partial charge on any atom is -0.496 e. The van der Waals surface area contributed by atoms with Crippen LogP contribution in [-0.4, -0.2) is 18.8 Å². The summed E-state index contributed by atoms with van der Waals surface area (Å²) in [6, 6.07) is 4.18. The molecule has 0 aliphatic rings. The molecule has 0 spiro atoms. The fraction of sp³-hybridized carbons (Fsp3) is 0.538. The van der Waals surface area contributed by atoms with Crippen molar-refractivity contribution in [3.05, 3.63) is 27.7 Å². The van der Waals surface area contributed by atoms with Crippen molar-refractivity contribution in [2.24, 2.45) is 0 Å². The summed E-state index contributed by atoms with van der Waals surface area (Å²) in [6.45, 7) is 4.53. The Kier molecular flexibility index (Phi) is 5.29. The molecule has 0 aliphatic carbocycles. The summed E-state index contributed by atoms with van der Waals surface area (Å²) in [5.41, 5.74) is 2.40. The maximum Gasteiger partial charge on any atom is 0.123 e. The van der Waals surface area contributed by atoms with E-state index in [4.69, 9.17) is 9.84 Å². The third-order valence-corrected chi connectivity index (χ3v) is 3.23. The average molecular weight is 287 g/mol. The summed E-state index contributed by atoms with van der Waals surface area (Å²) >= 11 is 3.59. The molecule has 16 heavy (non-hydrogen) atoms. The molecule has 0 atom stereocenters. The summed E-state index contributed by atoms with van der Waals surface area (Å²) in [6.07, 6.45) is 1.67. The van der Waals surface area contributed by atoms with Gasteiger partial charge in [0.1, 0.15) is 5.75 Å². The van der Waals surface area contributed by atoms with Crippen LogP contribution in [0.2, 0.25) is 0 Å². The molecule has 1 aromatic carbocycles. The van der Waals surface area contributed by atoms with Crippen molar-refractivity contribution in [2.45, 2.75) is 32.6 Å². The summed E-state index contributed by atoms with van der Waals surface area (Å²) in [4.78, 5) is 0. The van der Waals surface area contributed by atoms with Gasteiger partial charge < -0.3 is 9.84 Å². The fourth-order valence-electron chi connectivity index (χ4n) is 1.80. The molecule has 0 radical (unpaired) electrons. The highest BCUT2D eigenvalue weighted by Gasteiger charge is 2.13. The van der Waals surface area contributed by atoms with Gasteiger partial charge in [0, 0.05) is 16.6 Å². The summed E-state index contributed by atoms with van der Waals surface area (Å²) < 4.78 is 6.51. The van der Waals surface area contributed by atoms with Crippen molar-refractivity contribution in [3.8, 4) is 5.75 Å². The molecule has 1 rings (SSSR count). The summed E-state index contributed by atoms with van der Waals surface area (Å²) in [5.74, 6) is 1.36. The van der Waals surface area contributed by atoms with Gasteiger partial charge in [-0.2, -0.15) is 0 Å². The molecule has 90 valence electrons. The van der Waals surface area contributed by atoms with Crippen LogP contribution in [0.25, 0.3) is 0 Å². The van der Waals surface area contributed by atoms with E-state index in [1.54, 1.807) is 7.11 Å². The Morgan fingerprint density at radius 3 is 2.56 bits per heavy atom. The highest BCUT2D eigenvalue weighted by Crippen LogP contribution is 2.34. The molecule has 2 nitrogen and oxygen atoms in total. The van der Waals surface area contributed by atoms with Crippen molar-refractivity contribution in [2.75, 3.05) is 13.7 Å². The molecule has 0 heterocycles. The number of rotatable bonds is 5. The van der Waals surface area contributed by atoms with Crippen LogP contribution in [0, 0.1) is 0 Å². The second-order valence-corrected chi connectivity index (χ2v) is 5.03. The molecule has 1 aromatic rings. The third kappa shape index (κ3) is 3.22. The van der Waals surface area contributed by atoms with E-state index in [2.05, 4.69) is 41.9 Å². The van der Waals surface area contributed by atoms with E-state index >= 15 is 0 Å². The van der Waals surface area contributed by atoms with Gasteiger partial charge in [0.2, 0.25) is 0 Å². The van der Waals surface area contributed by atoms with Crippen LogP contribution in [0.3, 0.4) is 0 Å². The highest BCUT2D eigenvalue weighted by molar-refractivity contribution is 9.10. The average Bonchev–Trinajstić information content (AvgIpc) is 2.24. The van der Waals surface area contributed by atoms with Crippen LogP contribution >= 0.6 is 15.9 Å². The van der Waals surface area contributed by atoms with Gasteiger partial charge >= 0.3 is 0 Å². The van der Waals surface area contributed by atoms with Gasteiger partial charge in [0.25, 0.3) is 0 Å². The van der Waals surface area contributed by atoms with Crippen LogP contribution in [0.1, 0.15) is 37.3 Å². The molecular formula is C13H19BrO2. The molecule has 0 unspecified atom stereocenters. The molecule has 1 N–H and O–H groups in total. The monoisotopic (exact) mass is 286 g/mol. The Balaban J connectivity index is 3.06. The first-order valence-corrected chi connectivity index (χ1v) is 6.36. The predicted molar refractivity (Wildman–Crippen MR) is 70.2 cm³/mol. The second kappa shape index (κ2) is 6.26. The fourth-order valence-corrected chi connectivity index (χ4v) is 2.75. The smallest absolute Gasteiger partial charge is 0.123 e. The number of hydrogen-bond acceptors (Lipinski definition) is 2. The van der Waals surface area contributed by atoms with Gasteiger partial charge in [-0.05, 0) is 36.5 Å². The van der Waals surface area contributed by atoms with E-state index in [0.29, 0.717) is 5.92 Å². The lowest BCUT2D eigenvalue weighted by Gasteiger charge is -2.15. The molecule has 0 amide bonds. The van der Waals surface area contributed by atoms with Crippen LogP contribution in [-0.2, 0) is 6.42 Å². The van der Waals surface area contributed by atoms with Gasteiger partial charge in [-0.25, -0.2) is 0 Å². The third-order valence-electron chi connectivity index (χ3n) is 2.57. The second-order valence-electron chi connectivity index (χ2n) is 4.18. The van der Waals surface area contributed by atoms with Crippen LogP contribution < -0.4 is 4.74 Å². The maximum absolute atomic E-state index is 8.82. The van der Waals surface area contributed by atoms with E-state index in [-0.39, 0.29) is 6.61 Å². The van der Waals surface area contributed by atoms with E-state index in [1.807, 2.05) is 0 Å². The van der Waals surface area contributed by atoms with Crippen LogP contribution in [0.4, 0.5) is 0 Å². The molecule has 0 aromatic heterocycles. The van der Waals surface area contributed by atoms with Gasteiger partial charge in [-0.1, -0.05) is 29.8 Å². The Hall–Kier alpha value is -0.540. The lowest BCUT2D eigenvalue weighted by Crippen LogP contribution is -1.98. The van der Waals surface area contributed by atoms with Crippen molar-refractivity contribution >= 4 is 15.9 Å². The molecule has 3 heteroatoms. The van der Waals surface area contributed by atoms with Crippen molar-refractivity contribution in [1.29, 1.82) is 0 Å². The first-order chi connectivity index (χ1) is 7.60. The quantitative estimate of drug-likeness (QED) is 0.898. The zero-order valence-corrected chi connectivity index (χ0v) is 11.7. The van der Waals surface area contributed by atoms with Crippen molar-refractivity contribution < 1.29 is 9.84 Å². The number of hydrogen-bond donors (Lipinski definition) is 1. The number of aliphatic hydroxyl groups is 1. The number of halogens is 1.